The van der Waals surface area contributed by atoms with Crippen molar-refractivity contribution in [1.82, 2.24) is 4.98 Å². The highest BCUT2D eigenvalue weighted by Gasteiger charge is 2.31. The highest BCUT2D eigenvalue weighted by Crippen LogP contribution is 2.22. The van der Waals surface area contributed by atoms with Crippen LogP contribution < -0.4 is 4.74 Å². The Labute approximate surface area is 91.0 Å². The molecule has 0 fully saturated rings. The SMILES string of the molecule is OCc1cc(I)nc(OC(F)(F)F)c1. The van der Waals surface area contributed by atoms with Gasteiger partial charge in [0.2, 0.25) is 5.88 Å². The van der Waals surface area contributed by atoms with Crippen LogP contribution in [0.5, 0.6) is 5.88 Å². The molecule has 14 heavy (non-hydrogen) atoms. The monoisotopic (exact) mass is 319 g/mol. The van der Waals surface area contributed by atoms with Crippen LogP contribution in [0, 0.1) is 3.70 Å². The molecular formula is C7H5F3INO2. The zero-order chi connectivity index (χ0) is 10.8. The maximum absolute atomic E-state index is 11.8. The molecule has 1 heterocycles. The summed E-state index contributed by atoms with van der Waals surface area (Å²) < 4.78 is 39.3. The van der Waals surface area contributed by atoms with Crippen LogP contribution in [-0.2, 0) is 6.61 Å². The number of aliphatic hydroxyl groups excluding tert-OH is 1. The van der Waals surface area contributed by atoms with Crippen LogP contribution in [-0.4, -0.2) is 16.5 Å². The second-order valence-corrected chi connectivity index (χ2v) is 3.45. The van der Waals surface area contributed by atoms with Gasteiger partial charge in [-0.2, -0.15) is 0 Å². The molecule has 0 aliphatic carbocycles. The van der Waals surface area contributed by atoms with E-state index >= 15 is 0 Å². The summed E-state index contributed by atoms with van der Waals surface area (Å²) in [7, 11) is 0. The van der Waals surface area contributed by atoms with Crippen molar-refractivity contribution in [2.75, 3.05) is 0 Å². The summed E-state index contributed by atoms with van der Waals surface area (Å²) in [5.41, 5.74) is 0.323. The molecule has 3 nitrogen and oxygen atoms in total. The summed E-state index contributed by atoms with van der Waals surface area (Å²) in [6.07, 6.45) is -4.76. The number of nitrogens with zero attached hydrogens (tertiary/aromatic N) is 1. The van der Waals surface area contributed by atoms with E-state index in [0.717, 1.165) is 6.07 Å². The van der Waals surface area contributed by atoms with Gasteiger partial charge in [-0.05, 0) is 34.2 Å². The molecule has 0 saturated carbocycles. The van der Waals surface area contributed by atoms with Crippen LogP contribution in [0.2, 0.25) is 0 Å². The smallest absolute Gasteiger partial charge is 0.392 e. The van der Waals surface area contributed by atoms with E-state index in [-0.39, 0.29) is 6.61 Å². The molecule has 0 bridgehead atoms. The summed E-state index contributed by atoms with van der Waals surface area (Å²) in [5.74, 6) is -0.562. The average molecular weight is 319 g/mol. The zero-order valence-corrected chi connectivity index (χ0v) is 8.83. The number of aliphatic hydroxyl groups is 1. The number of hydrogen-bond acceptors (Lipinski definition) is 3. The average Bonchev–Trinajstić information content (AvgIpc) is 1.99. The van der Waals surface area contributed by atoms with Gasteiger partial charge in [-0.15, -0.1) is 13.2 Å². The quantitative estimate of drug-likeness (QED) is 0.670. The molecule has 7 heteroatoms. The summed E-state index contributed by atoms with van der Waals surface area (Å²) in [5, 5.41) is 8.72. The molecule has 78 valence electrons. The van der Waals surface area contributed by atoms with E-state index in [1.165, 1.54) is 6.07 Å². The molecule has 1 rings (SSSR count). The standard InChI is InChI=1S/C7H5F3INO2/c8-7(9,10)14-6-2-4(3-13)1-5(11)12-6/h1-2,13H,3H2. The molecule has 1 aromatic rings. The fourth-order valence-corrected chi connectivity index (χ4v) is 1.42. The first-order valence-corrected chi connectivity index (χ1v) is 4.51. The second-order valence-electron chi connectivity index (χ2n) is 2.34. The molecule has 1 aromatic heterocycles. The lowest BCUT2D eigenvalue weighted by atomic mass is 10.3. The topological polar surface area (TPSA) is 42.4 Å². The summed E-state index contributed by atoms with van der Waals surface area (Å²) >= 11 is 1.74. The zero-order valence-electron chi connectivity index (χ0n) is 6.68. The van der Waals surface area contributed by atoms with Gasteiger partial charge < -0.3 is 9.84 Å². The first-order valence-electron chi connectivity index (χ1n) is 3.44. The Morgan fingerprint density at radius 2 is 2.07 bits per heavy atom. The fourth-order valence-electron chi connectivity index (χ4n) is 0.785. The number of rotatable bonds is 2. The van der Waals surface area contributed by atoms with E-state index in [2.05, 4.69) is 9.72 Å². The van der Waals surface area contributed by atoms with Gasteiger partial charge in [0.15, 0.2) is 0 Å². The summed E-state index contributed by atoms with van der Waals surface area (Å²) in [4.78, 5) is 3.50. The fraction of sp³-hybridized carbons (Fsp3) is 0.286. The van der Waals surface area contributed by atoms with Crippen LogP contribution in [0.15, 0.2) is 12.1 Å². The van der Waals surface area contributed by atoms with Crippen molar-refractivity contribution in [3.05, 3.63) is 21.4 Å². The van der Waals surface area contributed by atoms with Crippen molar-refractivity contribution >= 4 is 22.6 Å². The molecule has 0 aliphatic rings. The Bertz CT molecular complexity index is 329. The number of pyridine rings is 1. The van der Waals surface area contributed by atoms with Crippen LogP contribution in [0.4, 0.5) is 13.2 Å². The Balaban J connectivity index is 2.92. The van der Waals surface area contributed by atoms with E-state index in [9.17, 15) is 13.2 Å². The van der Waals surface area contributed by atoms with E-state index in [1.54, 1.807) is 22.6 Å². The van der Waals surface area contributed by atoms with E-state index in [0.29, 0.717) is 9.26 Å². The predicted molar refractivity (Wildman–Crippen MR) is 49.6 cm³/mol. The van der Waals surface area contributed by atoms with E-state index in [1.807, 2.05) is 0 Å². The van der Waals surface area contributed by atoms with E-state index < -0.39 is 12.2 Å². The second kappa shape index (κ2) is 4.30. The molecule has 0 aliphatic heterocycles. The Morgan fingerprint density at radius 3 is 2.57 bits per heavy atom. The molecule has 0 unspecified atom stereocenters. The van der Waals surface area contributed by atoms with Gasteiger partial charge in [0.25, 0.3) is 0 Å². The molecule has 0 radical (unpaired) electrons. The molecule has 0 atom stereocenters. The lowest BCUT2D eigenvalue weighted by molar-refractivity contribution is -0.276. The summed E-state index contributed by atoms with van der Waals surface area (Å²) in [6.45, 7) is -0.354. The van der Waals surface area contributed by atoms with Crippen molar-refractivity contribution in [3.8, 4) is 5.88 Å². The third-order valence-corrected chi connectivity index (χ3v) is 1.79. The van der Waals surface area contributed by atoms with Gasteiger partial charge in [-0.1, -0.05) is 0 Å². The van der Waals surface area contributed by atoms with Crippen molar-refractivity contribution in [2.45, 2.75) is 13.0 Å². The van der Waals surface area contributed by atoms with Gasteiger partial charge in [-0.3, -0.25) is 0 Å². The Hall–Kier alpha value is -0.570. The number of aromatic nitrogens is 1. The third kappa shape index (κ3) is 3.66. The number of halogens is 4. The van der Waals surface area contributed by atoms with Crippen molar-refractivity contribution in [1.29, 1.82) is 0 Å². The lowest BCUT2D eigenvalue weighted by Gasteiger charge is -2.08. The first-order chi connectivity index (χ1) is 6.40. The number of ether oxygens (including phenoxy) is 1. The van der Waals surface area contributed by atoms with Gasteiger partial charge in [0.05, 0.1) is 6.61 Å². The van der Waals surface area contributed by atoms with E-state index in [4.69, 9.17) is 5.11 Å². The largest absolute Gasteiger partial charge is 0.574 e. The Kier molecular flexibility index (Phi) is 3.53. The first kappa shape index (κ1) is 11.5. The number of alkyl halides is 3. The third-order valence-electron chi connectivity index (χ3n) is 1.23. The minimum Gasteiger partial charge on any atom is -0.392 e. The number of hydrogen-bond donors (Lipinski definition) is 1. The molecule has 0 aromatic carbocycles. The van der Waals surface area contributed by atoms with Gasteiger partial charge in [0.1, 0.15) is 3.70 Å². The van der Waals surface area contributed by atoms with Gasteiger partial charge in [-0.25, -0.2) is 4.98 Å². The Morgan fingerprint density at radius 1 is 1.43 bits per heavy atom. The lowest BCUT2D eigenvalue weighted by Crippen LogP contribution is -2.18. The van der Waals surface area contributed by atoms with Crippen LogP contribution >= 0.6 is 22.6 Å². The highest BCUT2D eigenvalue weighted by molar-refractivity contribution is 14.1. The maximum Gasteiger partial charge on any atom is 0.574 e. The maximum atomic E-state index is 11.8. The van der Waals surface area contributed by atoms with Gasteiger partial charge >= 0.3 is 6.36 Å². The molecule has 0 amide bonds. The molecule has 0 saturated heterocycles. The normalized spacial score (nSPS) is 11.5. The minimum absolute atomic E-state index is 0.323. The van der Waals surface area contributed by atoms with Crippen LogP contribution in [0.1, 0.15) is 5.56 Å². The highest BCUT2D eigenvalue weighted by atomic mass is 127. The van der Waals surface area contributed by atoms with Crippen molar-refractivity contribution in [3.63, 3.8) is 0 Å². The van der Waals surface area contributed by atoms with Crippen LogP contribution in [0.3, 0.4) is 0 Å². The van der Waals surface area contributed by atoms with Gasteiger partial charge in [0, 0.05) is 6.07 Å². The molecular weight excluding hydrogens is 314 g/mol. The minimum atomic E-state index is -4.76. The molecule has 0 spiro atoms. The molecule has 1 N–H and O–H groups in total. The van der Waals surface area contributed by atoms with Crippen LogP contribution in [0.25, 0.3) is 0 Å². The van der Waals surface area contributed by atoms with Crippen molar-refractivity contribution in [2.24, 2.45) is 0 Å². The van der Waals surface area contributed by atoms with Crippen molar-refractivity contribution < 1.29 is 23.0 Å². The summed E-state index contributed by atoms with van der Waals surface area (Å²) in [6, 6.07) is 2.50. The predicted octanol–water partition coefficient (Wildman–Crippen LogP) is 2.08.